The van der Waals surface area contributed by atoms with Crippen molar-refractivity contribution in [2.24, 2.45) is 0 Å². The average Bonchev–Trinajstić information content (AvgIpc) is 3.20. The number of fused-ring (bicyclic) bond motifs is 1. The topological polar surface area (TPSA) is 28.9 Å². The minimum atomic E-state index is 0.737. The maximum Gasteiger partial charge on any atom is 0.138 e. The van der Waals surface area contributed by atoms with Crippen LogP contribution in [0.25, 0.3) is 22.1 Å². The van der Waals surface area contributed by atoms with Gasteiger partial charge >= 0.3 is 0 Å². The van der Waals surface area contributed by atoms with Gasteiger partial charge in [0, 0.05) is 28.1 Å². The van der Waals surface area contributed by atoms with Crippen molar-refractivity contribution in [2.45, 2.75) is 38.1 Å². The van der Waals surface area contributed by atoms with E-state index in [9.17, 15) is 0 Å². The molecule has 4 nitrogen and oxygen atoms in total. The van der Waals surface area contributed by atoms with E-state index in [1.807, 2.05) is 36.4 Å². The van der Waals surface area contributed by atoms with Gasteiger partial charge in [-0.2, -0.15) is 0 Å². The van der Waals surface area contributed by atoms with Gasteiger partial charge in [0.1, 0.15) is 11.3 Å². The molecule has 1 aromatic heterocycles. The number of piperidine rings is 1. The molecule has 2 heterocycles. The molecule has 1 saturated heterocycles. The smallest absolute Gasteiger partial charge is 0.138 e. The molecular weight excluding hydrogens is 408 g/mol. The summed E-state index contributed by atoms with van der Waals surface area (Å²) in [5, 5.41) is 1.83. The molecule has 1 fully saturated rings. The number of halogens is 1. The van der Waals surface area contributed by atoms with Gasteiger partial charge in [-0.05, 0) is 95.7 Å². The van der Waals surface area contributed by atoms with Crippen LogP contribution in [0.4, 0.5) is 0 Å². The van der Waals surface area contributed by atoms with Crippen molar-refractivity contribution in [1.82, 2.24) is 9.80 Å². The number of likely N-dealkylation sites (tertiary alicyclic amines) is 1. The van der Waals surface area contributed by atoms with Gasteiger partial charge in [0.05, 0.1) is 12.9 Å². The summed E-state index contributed by atoms with van der Waals surface area (Å²) in [4.78, 5) is 4.98. The Morgan fingerprint density at radius 2 is 1.81 bits per heavy atom. The van der Waals surface area contributed by atoms with Crippen molar-refractivity contribution in [3.63, 3.8) is 0 Å². The second kappa shape index (κ2) is 10.5. The monoisotopic (exact) mass is 440 g/mol. The summed E-state index contributed by atoms with van der Waals surface area (Å²) in [6.07, 6.45) is 7.94. The highest BCUT2D eigenvalue weighted by Crippen LogP contribution is 2.33. The van der Waals surface area contributed by atoms with Gasteiger partial charge in [0.2, 0.25) is 0 Å². The lowest BCUT2D eigenvalue weighted by Crippen LogP contribution is -2.42. The molecule has 4 rings (SSSR count). The first-order chi connectivity index (χ1) is 15.1. The Kier molecular flexibility index (Phi) is 7.54. The molecule has 0 spiro atoms. The van der Waals surface area contributed by atoms with Crippen molar-refractivity contribution in [1.29, 1.82) is 0 Å². The molecule has 5 heteroatoms. The van der Waals surface area contributed by atoms with Crippen molar-refractivity contribution >= 4 is 22.6 Å². The van der Waals surface area contributed by atoms with Crippen LogP contribution < -0.4 is 4.74 Å². The van der Waals surface area contributed by atoms with E-state index in [4.69, 9.17) is 20.8 Å². The summed E-state index contributed by atoms with van der Waals surface area (Å²) < 4.78 is 11.8. The molecule has 1 aliphatic rings. The van der Waals surface area contributed by atoms with Gasteiger partial charge in [0.25, 0.3) is 0 Å². The minimum Gasteiger partial charge on any atom is -0.493 e. The number of nitrogens with zero attached hydrogens (tertiary/aromatic N) is 2. The largest absolute Gasteiger partial charge is 0.493 e. The molecule has 0 amide bonds. The summed E-state index contributed by atoms with van der Waals surface area (Å²) in [6, 6.07) is 14.7. The Balaban J connectivity index is 1.19. The second-order valence-electron chi connectivity index (χ2n) is 8.76. The first-order valence-corrected chi connectivity index (χ1v) is 11.8. The van der Waals surface area contributed by atoms with Crippen LogP contribution in [-0.4, -0.2) is 56.2 Å². The van der Waals surface area contributed by atoms with Crippen LogP contribution in [0, 0.1) is 0 Å². The van der Waals surface area contributed by atoms with Crippen LogP contribution in [0.3, 0.4) is 0 Å². The van der Waals surface area contributed by atoms with Gasteiger partial charge in [0.15, 0.2) is 0 Å². The molecule has 0 aliphatic carbocycles. The fraction of sp³-hybridized carbons (Fsp3) is 0.462. The molecule has 0 bridgehead atoms. The second-order valence-corrected chi connectivity index (χ2v) is 9.20. The zero-order valence-corrected chi connectivity index (χ0v) is 19.4. The zero-order valence-electron chi connectivity index (χ0n) is 18.6. The lowest BCUT2D eigenvalue weighted by Gasteiger charge is -2.35. The van der Waals surface area contributed by atoms with E-state index < -0.39 is 0 Å². The lowest BCUT2D eigenvalue weighted by molar-refractivity contribution is 0.142. The molecule has 2 aromatic carbocycles. The maximum absolute atomic E-state index is 6.00. The third-order valence-electron chi connectivity index (χ3n) is 6.38. The quantitative estimate of drug-likeness (QED) is 0.363. The third kappa shape index (κ3) is 5.82. The number of benzene rings is 2. The van der Waals surface area contributed by atoms with E-state index in [1.165, 1.54) is 45.3 Å². The number of furan rings is 1. The van der Waals surface area contributed by atoms with Crippen LogP contribution in [0.2, 0.25) is 5.02 Å². The first kappa shape index (κ1) is 22.2. The standard InChI is InChI=1S/C26H33ClN2O2/c1-28(2)22-12-15-29(16-13-22)14-4-3-5-17-30-23-10-11-24-25(19-31-26(24)18-23)20-6-8-21(27)9-7-20/h6-11,18-19,22H,3-5,12-17H2,1-2H3. The van der Waals surface area contributed by atoms with Crippen LogP contribution in [0.5, 0.6) is 5.75 Å². The Morgan fingerprint density at radius 1 is 1.03 bits per heavy atom. The summed E-state index contributed by atoms with van der Waals surface area (Å²) >= 11 is 6.00. The van der Waals surface area contributed by atoms with E-state index in [-0.39, 0.29) is 0 Å². The molecule has 1 aliphatic heterocycles. The Hall–Kier alpha value is -2.01. The zero-order chi connectivity index (χ0) is 21.6. The van der Waals surface area contributed by atoms with Gasteiger partial charge in [-0.3, -0.25) is 0 Å². The van der Waals surface area contributed by atoms with Crippen molar-refractivity contribution in [3.8, 4) is 16.9 Å². The molecule has 0 atom stereocenters. The maximum atomic E-state index is 6.00. The predicted molar refractivity (Wildman–Crippen MR) is 129 cm³/mol. The number of rotatable bonds is 9. The average molecular weight is 441 g/mol. The predicted octanol–water partition coefficient (Wildman–Crippen LogP) is 6.33. The van der Waals surface area contributed by atoms with Crippen molar-refractivity contribution in [2.75, 3.05) is 40.3 Å². The van der Waals surface area contributed by atoms with E-state index in [2.05, 4.69) is 30.0 Å². The summed E-state index contributed by atoms with van der Waals surface area (Å²) in [7, 11) is 4.39. The van der Waals surface area contributed by atoms with E-state index in [0.717, 1.165) is 51.9 Å². The van der Waals surface area contributed by atoms with Crippen LogP contribution in [0.1, 0.15) is 32.1 Å². The molecule has 0 saturated carbocycles. The molecule has 166 valence electrons. The Bertz CT molecular complexity index is 959. The molecule has 0 unspecified atom stereocenters. The fourth-order valence-electron chi connectivity index (χ4n) is 4.41. The van der Waals surface area contributed by atoms with E-state index in [0.29, 0.717) is 0 Å². The van der Waals surface area contributed by atoms with Gasteiger partial charge < -0.3 is 19.0 Å². The molecular formula is C26H33ClN2O2. The molecule has 0 N–H and O–H groups in total. The number of ether oxygens (including phenoxy) is 1. The van der Waals surface area contributed by atoms with Gasteiger partial charge in [-0.25, -0.2) is 0 Å². The highest BCUT2D eigenvalue weighted by molar-refractivity contribution is 6.30. The number of hydrogen-bond acceptors (Lipinski definition) is 4. The van der Waals surface area contributed by atoms with Crippen LogP contribution in [-0.2, 0) is 0 Å². The molecule has 31 heavy (non-hydrogen) atoms. The normalized spacial score (nSPS) is 15.7. The lowest BCUT2D eigenvalue weighted by atomic mass is 10.0. The van der Waals surface area contributed by atoms with Gasteiger partial charge in [-0.1, -0.05) is 23.7 Å². The minimum absolute atomic E-state index is 0.737. The molecule has 3 aromatic rings. The highest BCUT2D eigenvalue weighted by Gasteiger charge is 2.19. The number of unbranched alkanes of at least 4 members (excludes halogenated alkanes) is 2. The van der Waals surface area contributed by atoms with Gasteiger partial charge in [-0.15, -0.1) is 0 Å². The SMILES string of the molecule is CN(C)C1CCN(CCCCCOc2ccc3c(-c4ccc(Cl)cc4)coc3c2)CC1. The molecule has 0 radical (unpaired) electrons. The van der Waals surface area contributed by atoms with Crippen molar-refractivity contribution in [3.05, 3.63) is 53.8 Å². The van der Waals surface area contributed by atoms with Crippen LogP contribution in [0.15, 0.2) is 53.1 Å². The Labute approximate surface area is 190 Å². The summed E-state index contributed by atoms with van der Waals surface area (Å²) in [5.41, 5.74) is 3.03. The highest BCUT2D eigenvalue weighted by atomic mass is 35.5. The summed E-state index contributed by atoms with van der Waals surface area (Å²) in [6.45, 7) is 4.44. The van der Waals surface area contributed by atoms with E-state index >= 15 is 0 Å². The van der Waals surface area contributed by atoms with Crippen molar-refractivity contribution < 1.29 is 9.15 Å². The van der Waals surface area contributed by atoms with Crippen LogP contribution >= 0.6 is 11.6 Å². The van der Waals surface area contributed by atoms with E-state index in [1.54, 1.807) is 6.26 Å². The first-order valence-electron chi connectivity index (χ1n) is 11.4. The third-order valence-corrected chi connectivity index (χ3v) is 6.63. The summed E-state index contributed by atoms with van der Waals surface area (Å²) in [5.74, 6) is 0.871. The Morgan fingerprint density at radius 3 is 2.55 bits per heavy atom. The fourth-order valence-corrected chi connectivity index (χ4v) is 4.54. The number of hydrogen-bond donors (Lipinski definition) is 0.